The molecule has 2 aliphatic rings. The Morgan fingerprint density at radius 2 is 1.67 bits per heavy atom. The van der Waals surface area contributed by atoms with Crippen molar-refractivity contribution in [3.8, 4) is 6.08 Å². The van der Waals surface area contributed by atoms with Crippen molar-refractivity contribution in [3.63, 3.8) is 0 Å². The Kier molecular flexibility index (Phi) is 5.40. The van der Waals surface area contributed by atoms with E-state index in [1.54, 1.807) is 24.3 Å². The predicted molar refractivity (Wildman–Crippen MR) is 87.2 cm³/mol. The van der Waals surface area contributed by atoms with Crippen LogP contribution in [0.2, 0.25) is 0 Å². The minimum absolute atomic E-state index is 0.0336. The maximum atomic E-state index is 12.5. The van der Waals surface area contributed by atoms with E-state index < -0.39 is 43.7 Å². The normalized spacial score (nSPS) is 21.8. The lowest BCUT2D eigenvalue weighted by molar-refractivity contribution is -0.325. The third-order valence-corrected chi connectivity index (χ3v) is 4.27. The van der Waals surface area contributed by atoms with Crippen molar-refractivity contribution in [2.24, 2.45) is 0 Å². The second-order valence-corrected chi connectivity index (χ2v) is 6.23. The van der Waals surface area contributed by atoms with E-state index >= 15 is 0 Å². The molecule has 0 aliphatic carbocycles. The molecule has 0 N–H and O–H groups in total. The maximum Gasteiger partial charge on any atom is 0.522 e. The summed E-state index contributed by atoms with van der Waals surface area (Å²) >= 11 is 0. The third-order valence-electron chi connectivity index (χ3n) is 4.27. The first-order valence-corrected chi connectivity index (χ1v) is 8.70. The van der Waals surface area contributed by atoms with Gasteiger partial charge in [-0.15, -0.1) is 18.3 Å². The van der Waals surface area contributed by atoms with Crippen molar-refractivity contribution in [3.05, 3.63) is 41.3 Å². The second kappa shape index (κ2) is 8.01. The van der Waals surface area contributed by atoms with Crippen LogP contribution in [0.15, 0.2) is 28.7 Å². The average Bonchev–Trinajstić information content (AvgIpc) is 3.29. The molecule has 160 valence electrons. The van der Waals surface area contributed by atoms with Crippen LogP contribution in [0.25, 0.3) is 0 Å². The number of halogens is 3. The Balaban J connectivity index is 1.30. The van der Waals surface area contributed by atoms with Crippen LogP contribution in [0.1, 0.15) is 32.9 Å². The molecule has 2 aliphatic heterocycles. The van der Waals surface area contributed by atoms with Crippen LogP contribution >= 0.6 is 0 Å². The van der Waals surface area contributed by atoms with E-state index in [4.69, 9.17) is 18.6 Å². The van der Waals surface area contributed by atoms with E-state index in [1.165, 1.54) is 0 Å². The highest BCUT2D eigenvalue weighted by Crippen LogP contribution is 2.30. The maximum absolute atomic E-state index is 12.5. The second-order valence-electron chi connectivity index (χ2n) is 6.23. The molecular formula is C17H14F3N3O7. The zero-order valence-electron chi connectivity index (χ0n) is 15.1. The quantitative estimate of drug-likeness (QED) is 0.500. The molecule has 0 saturated carbocycles. The topological polar surface area (TPSA) is 113 Å². The number of fused-ring (bicyclic) bond motifs is 1. The van der Waals surface area contributed by atoms with E-state index in [0.717, 1.165) is 4.90 Å². The molecule has 0 bridgehead atoms. The lowest BCUT2D eigenvalue weighted by Crippen LogP contribution is -2.48. The minimum Gasteiger partial charge on any atom is -0.447 e. The molecule has 0 radical (unpaired) electrons. The average molecular weight is 429 g/mol. The van der Waals surface area contributed by atoms with Gasteiger partial charge in [0.2, 0.25) is 6.29 Å². The molecule has 13 heteroatoms. The van der Waals surface area contributed by atoms with Crippen LogP contribution in [-0.2, 0) is 14.2 Å². The van der Waals surface area contributed by atoms with Crippen LogP contribution in [0.4, 0.5) is 13.2 Å². The Hall–Kier alpha value is -3.03. The molecule has 0 unspecified atom stereocenters. The van der Waals surface area contributed by atoms with Gasteiger partial charge in [0.1, 0.15) is 6.61 Å². The number of rotatable bonds is 6. The summed E-state index contributed by atoms with van der Waals surface area (Å²) in [6, 6.07) is 5.83. The molecule has 3 heterocycles. The number of nitrogens with zero attached hydrogens (tertiary/aromatic N) is 3. The number of hydrogen-bond donors (Lipinski definition) is 0. The summed E-state index contributed by atoms with van der Waals surface area (Å²) in [5.74, 6) is -0.982. The molecule has 30 heavy (non-hydrogen) atoms. The van der Waals surface area contributed by atoms with Gasteiger partial charge in [-0.1, -0.05) is 17.2 Å². The summed E-state index contributed by atoms with van der Waals surface area (Å²) in [6.07, 6.45) is -6.22. The lowest BCUT2D eigenvalue weighted by atomic mass is 10.1. The van der Waals surface area contributed by atoms with Crippen molar-refractivity contribution in [1.29, 1.82) is 0 Å². The summed E-state index contributed by atoms with van der Waals surface area (Å²) in [6.45, 7) is -1.28. The van der Waals surface area contributed by atoms with Gasteiger partial charge < -0.3 is 18.6 Å². The van der Waals surface area contributed by atoms with E-state index in [1.807, 2.05) is 0 Å². The standard InChI is InChI=1S/C17H14F3N3O7/c18-17(19,20)29-6-5-26-16-22-21-12(30-16)15-27-7-9(8-28-15)23-13(24)10-3-1-2-4-11(10)14(23)25/h1-4,9,15H,5-8H2/t9-,15-. The Morgan fingerprint density at radius 1 is 1.03 bits per heavy atom. The number of hydrogen-bond acceptors (Lipinski definition) is 9. The van der Waals surface area contributed by atoms with Crippen molar-refractivity contribution >= 4 is 11.8 Å². The SMILES string of the molecule is O=C1c2ccccc2C(=O)N1[C@H]1CO[C@H](c2nnc(OCCOC(F)(F)F)o2)OC1. The number of carbonyl (C=O) groups is 2. The zero-order valence-corrected chi connectivity index (χ0v) is 15.1. The van der Waals surface area contributed by atoms with E-state index in [9.17, 15) is 22.8 Å². The highest BCUT2D eigenvalue weighted by atomic mass is 19.4. The fourth-order valence-electron chi connectivity index (χ4n) is 2.98. The molecule has 4 rings (SSSR count). The number of benzene rings is 1. The molecule has 10 nitrogen and oxygen atoms in total. The van der Waals surface area contributed by atoms with E-state index in [-0.39, 0.29) is 25.2 Å². The first kappa shape index (κ1) is 20.3. The van der Waals surface area contributed by atoms with E-state index in [0.29, 0.717) is 11.1 Å². The predicted octanol–water partition coefficient (Wildman–Crippen LogP) is 1.70. The highest BCUT2D eigenvalue weighted by Gasteiger charge is 2.42. The number of aromatic nitrogens is 2. The van der Waals surface area contributed by atoms with E-state index in [2.05, 4.69) is 14.9 Å². The number of ether oxygens (including phenoxy) is 4. The Morgan fingerprint density at radius 3 is 2.27 bits per heavy atom. The third kappa shape index (κ3) is 4.13. The van der Waals surface area contributed by atoms with Gasteiger partial charge in [0, 0.05) is 0 Å². The van der Waals surface area contributed by atoms with Crippen LogP contribution < -0.4 is 4.74 Å². The smallest absolute Gasteiger partial charge is 0.447 e. The number of amides is 2. The Bertz CT molecular complexity index is 906. The zero-order chi connectivity index (χ0) is 21.3. The first-order chi connectivity index (χ1) is 14.3. The fraction of sp³-hybridized carbons (Fsp3) is 0.412. The molecule has 1 saturated heterocycles. The van der Waals surface area contributed by atoms with Crippen LogP contribution in [0.3, 0.4) is 0 Å². The molecule has 0 spiro atoms. The van der Waals surface area contributed by atoms with Gasteiger partial charge in [-0.25, -0.2) is 0 Å². The first-order valence-electron chi connectivity index (χ1n) is 8.70. The van der Waals surface area contributed by atoms with Crippen molar-refractivity contribution < 1.29 is 46.1 Å². The van der Waals surface area contributed by atoms with Crippen LogP contribution in [-0.4, -0.2) is 65.7 Å². The number of imide groups is 1. The van der Waals surface area contributed by atoms with Gasteiger partial charge in [-0.3, -0.25) is 19.2 Å². The largest absolute Gasteiger partial charge is 0.522 e. The monoisotopic (exact) mass is 429 g/mol. The minimum atomic E-state index is -4.76. The van der Waals surface area contributed by atoms with Crippen molar-refractivity contribution in [2.75, 3.05) is 26.4 Å². The summed E-state index contributed by atoms with van der Waals surface area (Å²) in [4.78, 5) is 26.1. The molecule has 1 aromatic carbocycles. The van der Waals surface area contributed by atoms with Crippen LogP contribution in [0, 0.1) is 0 Å². The molecule has 2 amide bonds. The van der Waals surface area contributed by atoms with Gasteiger partial charge in [0.25, 0.3) is 17.7 Å². The van der Waals surface area contributed by atoms with Gasteiger partial charge in [0.05, 0.1) is 37.0 Å². The van der Waals surface area contributed by atoms with Crippen molar-refractivity contribution in [2.45, 2.75) is 18.7 Å². The van der Waals surface area contributed by atoms with Gasteiger partial charge in [0.15, 0.2) is 0 Å². The Labute approximate surface area is 166 Å². The van der Waals surface area contributed by atoms with Gasteiger partial charge in [-0.2, -0.15) is 0 Å². The fourth-order valence-corrected chi connectivity index (χ4v) is 2.98. The highest BCUT2D eigenvalue weighted by molar-refractivity contribution is 6.21. The molecule has 1 fully saturated rings. The van der Waals surface area contributed by atoms with Gasteiger partial charge >= 0.3 is 12.4 Å². The van der Waals surface area contributed by atoms with Gasteiger partial charge in [-0.05, 0) is 12.1 Å². The number of alkyl halides is 3. The summed E-state index contributed by atoms with van der Waals surface area (Å²) in [5, 5.41) is 7.17. The summed E-state index contributed by atoms with van der Waals surface area (Å²) < 4.78 is 60.2. The lowest BCUT2D eigenvalue weighted by Gasteiger charge is -2.32. The summed E-state index contributed by atoms with van der Waals surface area (Å²) in [5.41, 5.74) is 0.635. The van der Waals surface area contributed by atoms with Crippen molar-refractivity contribution in [1.82, 2.24) is 15.1 Å². The molecule has 0 atom stereocenters. The van der Waals surface area contributed by atoms with Crippen LogP contribution in [0.5, 0.6) is 6.08 Å². The molecule has 2 aromatic rings. The summed E-state index contributed by atoms with van der Waals surface area (Å²) in [7, 11) is 0. The molecular weight excluding hydrogens is 415 g/mol. The number of carbonyl (C=O) groups excluding carboxylic acids is 2. The molecule has 1 aromatic heterocycles.